The van der Waals surface area contributed by atoms with Crippen LogP contribution in [0.25, 0.3) is 12.3 Å². The number of nitrogens with one attached hydrogen (secondary N) is 2. The van der Waals surface area contributed by atoms with Gasteiger partial charge in [0.05, 0.1) is 5.69 Å². The van der Waals surface area contributed by atoms with Gasteiger partial charge in [-0.15, -0.1) is 0 Å². The summed E-state index contributed by atoms with van der Waals surface area (Å²) in [4.78, 5) is 3.31. The van der Waals surface area contributed by atoms with Crippen LogP contribution in [0, 0.1) is 4.77 Å². The molecule has 3 rings (SSSR count). The molecule has 4 heteroatoms. The predicted molar refractivity (Wildman–Crippen MR) is 82.7 cm³/mol. The van der Waals surface area contributed by atoms with E-state index in [0.717, 1.165) is 23.6 Å². The first-order valence-corrected chi connectivity index (χ1v) is 7.06. The molecule has 0 saturated carbocycles. The van der Waals surface area contributed by atoms with Crippen LogP contribution in [0.1, 0.15) is 24.1 Å². The van der Waals surface area contributed by atoms with Gasteiger partial charge in [0.25, 0.3) is 0 Å². The van der Waals surface area contributed by atoms with E-state index in [-0.39, 0.29) is 0 Å². The van der Waals surface area contributed by atoms with E-state index in [1.807, 2.05) is 29.0 Å². The third kappa shape index (κ3) is 2.63. The second-order valence-corrected chi connectivity index (χ2v) is 5.12. The van der Waals surface area contributed by atoms with Crippen molar-refractivity contribution in [2.24, 2.45) is 0 Å². The first-order chi connectivity index (χ1) is 9.34. The number of nitrogens with zero attached hydrogens (tertiary/aromatic N) is 1. The molecule has 98 valence electrons. The third-order valence-corrected chi connectivity index (χ3v) is 3.66. The van der Waals surface area contributed by atoms with Gasteiger partial charge in [-0.25, -0.2) is 0 Å². The number of H-pyrrole nitrogens is 1. The molecule has 1 aliphatic rings. The Labute approximate surface area is 118 Å². The second-order valence-electron chi connectivity index (χ2n) is 4.74. The molecule has 0 fully saturated rings. The van der Waals surface area contributed by atoms with E-state index in [9.17, 15) is 0 Å². The lowest BCUT2D eigenvalue weighted by Gasteiger charge is -2.05. The predicted octanol–water partition coefficient (Wildman–Crippen LogP) is 3.92. The standard InChI is InChI=1S/C15H17N3S/c19-15-17-13-8-4-5-10-16-14(13)18(15)11-9-12-6-2-1-3-7-12/h1-3,6-7,9,11,16H,4-5,8,10H2,(H,17,19). The van der Waals surface area contributed by atoms with Gasteiger partial charge >= 0.3 is 0 Å². The molecule has 0 amide bonds. The fraction of sp³-hybridized carbons (Fsp3) is 0.267. The Morgan fingerprint density at radius 2 is 2.00 bits per heavy atom. The van der Waals surface area contributed by atoms with E-state index in [1.165, 1.54) is 24.1 Å². The summed E-state index contributed by atoms with van der Waals surface area (Å²) in [5.41, 5.74) is 2.40. The fourth-order valence-corrected chi connectivity index (χ4v) is 2.64. The number of hydrogen-bond acceptors (Lipinski definition) is 2. The van der Waals surface area contributed by atoms with Gasteiger partial charge in [0.1, 0.15) is 5.82 Å². The smallest absolute Gasteiger partial charge is 0.183 e. The van der Waals surface area contributed by atoms with Crippen molar-refractivity contribution in [3.8, 4) is 0 Å². The maximum absolute atomic E-state index is 5.40. The van der Waals surface area contributed by atoms with Crippen LogP contribution in [-0.4, -0.2) is 16.1 Å². The number of benzene rings is 1. The molecule has 19 heavy (non-hydrogen) atoms. The number of imidazole rings is 1. The molecule has 2 N–H and O–H groups in total. The van der Waals surface area contributed by atoms with Gasteiger partial charge in [0, 0.05) is 12.7 Å². The maximum Gasteiger partial charge on any atom is 0.183 e. The van der Waals surface area contributed by atoms with Crippen molar-refractivity contribution >= 4 is 30.3 Å². The Hall–Kier alpha value is -1.81. The van der Waals surface area contributed by atoms with Crippen LogP contribution in [0.5, 0.6) is 0 Å². The highest BCUT2D eigenvalue weighted by molar-refractivity contribution is 7.71. The highest BCUT2D eigenvalue weighted by Crippen LogP contribution is 2.22. The normalized spacial score (nSPS) is 14.9. The number of rotatable bonds is 2. The van der Waals surface area contributed by atoms with E-state index in [1.54, 1.807) is 0 Å². The SMILES string of the molecule is S=c1[nH]c2c(n1C=Cc1ccccc1)NCCCC2. The lowest BCUT2D eigenvalue weighted by molar-refractivity contribution is 0.772. The average molecular weight is 271 g/mol. The molecule has 0 radical (unpaired) electrons. The number of aryl methyl sites for hydroxylation is 1. The summed E-state index contributed by atoms with van der Waals surface area (Å²) in [6.07, 6.45) is 7.59. The first-order valence-electron chi connectivity index (χ1n) is 6.65. The Kier molecular flexibility index (Phi) is 3.51. The van der Waals surface area contributed by atoms with E-state index in [0.29, 0.717) is 0 Å². The van der Waals surface area contributed by atoms with Crippen molar-refractivity contribution in [1.82, 2.24) is 9.55 Å². The van der Waals surface area contributed by atoms with Gasteiger partial charge in [-0.3, -0.25) is 4.57 Å². The molecule has 2 aromatic rings. The van der Waals surface area contributed by atoms with Crippen molar-refractivity contribution in [3.05, 3.63) is 46.4 Å². The summed E-state index contributed by atoms with van der Waals surface area (Å²) in [5.74, 6) is 1.12. The van der Waals surface area contributed by atoms with E-state index in [4.69, 9.17) is 12.2 Å². The lowest BCUT2D eigenvalue weighted by atomic mass is 10.2. The molecule has 3 nitrogen and oxygen atoms in total. The van der Waals surface area contributed by atoms with Crippen molar-refractivity contribution in [2.45, 2.75) is 19.3 Å². The topological polar surface area (TPSA) is 32.8 Å². The minimum atomic E-state index is 0.756. The van der Waals surface area contributed by atoms with Crippen LogP contribution >= 0.6 is 12.2 Å². The zero-order valence-corrected chi connectivity index (χ0v) is 11.5. The van der Waals surface area contributed by atoms with Gasteiger partial charge in [-0.1, -0.05) is 30.3 Å². The summed E-state index contributed by atoms with van der Waals surface area (Å²) in [6, 6.07) is 10.3. The minimum absolute atomic E-state index is 0.756. The Morgan fingerprint density at radius 3 is 2.84 bits per heavy atom. The molecule has 1 aromatic carbocycles. The molecule has 0 spiro atoms. The summed E-state index contributed by atoms with van der Waals surface area (Å²) in [7, 11) is 0. The van der Waals surface area contributed by atoms with Gasteiger partial charge in [0.15, 0.2) is 4.77 Å². The molecule has 0 bridgehead atoms. The van der Waals surface area contributed by atoms with Crippen LogP contribution in [-0.2, 0) is 6.42 Å². The van der Waals surface area contributed by atoms with Crippen LogP contribution < -0.4 is 5.32 Å². The maximum atomic E-state index is 5.40. The van der Waals surface area contributed by atoms with Gasteiger partial charge in [-0.05, 0) is 43.1 Å². The molecule has 0 saturated heterocycles. The van der Waals surface area contributed by atoms with Gasteiger partial charge in [0.2, 0.25) is 0 Å². The monoisotopic (exact) mass is 271 g/mol. The van der Waals surface area contributed by atoms with Crippen LogP contribution in [0.15, 0.2) is 30.3 Å². The summed E-state index contributed by atoms with van der Waals surface area (Å²) in [5, 5.41) is 3.46. The lowest BCUT2D eigenvalue weighted by Crippen LogP contribution is -2.03. The molecule has 2 heterocycles. The molecule has 1 aliphatic heterocycles. The van der Waals surface area contributed by atoms with Crippen LogP contribution in [0.2, 0.25) is 0 Å². The average Bonchev–Trinajstić information content (AvgIpc) is 2.61. The van der Waals surface area contributed by atoms with Crippen molar-refractivity contribution in [2.75, 3.05) is 11.9 Å². The number of anilines is 1. The van der Waals surface area contributed by atoms with Crippen molar-refractivity contribution in [1.29, 1.82) is 0 Å². The zero-order valence-electron chi connectivity index (χ0n) is 10.7. The Morgan fingerprint density at radius 1 is 1.16 bits per heavy atom. The first kappa shape index (κ1) is 12.2. The highest BCUT2D eigenvalue weighted by Gasteiger charge is 2.12. The second kappa shape index (κ2) is 5.45. The molecular formula is C15H17N3S. The molecule has 0 atom stereocenters. The van der Waals surface area contributed by atoms with Gasteiger partial charge in [-0.2, -0.15) is 0 Å². The van der Waals surface area contributed by atoms with Crippen LogP contribution in [0.3, 0.4) is 0 Å². The fourth-order valence-electron chi connectivity index (χ4n) is 2.37. The molecular weight excluding hydrogens is 254 g/mol. The molecule has 1 aromatic heterocycles. The summed E-state index contributed by atoms with van der Waals surface area (Å²) < 4.78 is 2.79. The van der Waals surface area contributed by atoms with E-state index < -0.39 is 0 Å². The number of aromatic amines is 1. The number of aromatic nitrogens is 2. The molecule has 0 aliphatic carbocycles. The summed E-state index contributed by atoms with van der Waals surface area (Å²) >= 11 is 5.40. The van der Waals surface area contributed by atoms with E-state index in [2.05, 4.69) is 28.5 Å². The molecule has 0 unspecified atom stereocenters. The van der Waals surface area contributed by atoms with E-state index >= 15 is 0 Å². The van der Waals surface area contributed by atoms with Crippen LogP contribution in [0.4, 0.5) is 5.82 Å². The largest absolute Gasteiger partial charge is 0.370 e. The summed E-state index contributed by atoms with van der Waals surface area (Å²) in [6.45, 7) is 1.01. The van der Waals surface area contributed by atoms with Crippen molar-refractivity contribution < 1.29 is 0 Å². The third-order valence-electron chi connectivity index (χ3n) is 3.36. The quantitative estimate of drug-likeness (QED) is 0.811. The zero-order chi connectivity index (χ0) is 13.1. The minimum Gasteiger partial charge on any atom is -0.370 e. The van der Waals surface area contributed by atoms with Gasteiger partial charge < -0.3 is 10.3 Å². The number of hydrogen-bond donors (Lipinski definition) is 2. The Balaban J connectivity index is 1.95. The highest BCUT2D eigenvalue weighted by atomic mass is 32.1. The number of fused-ring (bicyclic) bond motifs is 1. The van der Waals surface area contributed by atoms with Crippen molar-refractivity contribution in [3.63, 3.8) is 0 Å². The Bertz CT molecular complexity index is 637.